The fourth-order valence-electron chi connectivity index (χ4n) is 4.07. The zero-order valence-electron chi connectivity index (χ0n) is 14.9. The smallest absolute Gasteiger partial charge is 0.317 e. The van der Waals surface area contributed by atoms with Crippen LogP contribution in [0.4, 0.5) is 4.79 Å². The van der Waals surface area contributed by atoms with Crippen LogP contribution < -0.4 is 5.32 Å². The monoisotopic (exact) mass is 339 g/mol. The standard InChI is InChI=1S/C19H25N5O/c1-22-12-16(17(21-22)15-6-4-3-5-7-15)13-24-10-8-19(9-11-24)14-20-18(25)23(19)2/h3-7,12H,8-11,13-14H2,1-2H3,(H,20,25). The van der Waals surface area contributed by atoms with E-state index in [-0.39, 0.29) is 11.6 Å². The van der Waals surface area contributed by atoms with E-state index in [1.807, 2.05) is 29.7 Å². The van der Waals surface area contributed by atoms with E-state index in [1.165, 1.54) is 5.56 Å². The molecule has 0 atom stereocenters. The molecule has 0 unspecified atom stereocenters. The molecule has 2 aromatic rings. The molecule has 0 bridgehead atoms. The number of likely N-dealkylation sites (tertiary alicyclic amines) is 1. The summed E-state index contributed by atoms with van der Waals surface area (Å²) in [6, 6.07) is 10.4. The first-order valence-corrected chi connectivity index (χ1v) is 8.89. The van der Waals surface area contributed by atoms with E-state index in [2.05, 4.69) is 45.8 Å². The maximum Gasteiger partial charge on any atom is 0.317 e. The first-order valence-electron chi connectivity index (χ1n) is 8.89. The highest BCUT2D eigenvalue weighted by atomic mass is 16.2. The zero-order valence-corrected chi connectivity index (χ0v) is 14.9. The van der Waals surface area contributed by atoms with Gasteiger partial charge in [0.15, 0.2) is 0 Å². The van der Waals surface area contributed by atoms with Crippen LogP contribution in [0.15, 0.2) is 36.5 Å². The van der Waals surface area contributed by atoms with Gasteiger partial charge in [0.1, 0.15) is 0 Å². The molecule has 2 fully saturated rings. The summed E-state index contributed by atoms with van der Waals surface area (Å²) in [7, 11) is 3.90. The lowest BCUT2D eigenvalue weighted by molar-refractivity contribution is 0.0872. The zero-order chi connectivity index (χ0) is 17.4. The van der Waals surface area contributed by atoms with Gasteiger partial charge < -0.3 is 10.2 Å². The number of likely N-dealkylation sites (N-methyl/N-ethyl adjacent to an activating group) is 1. The lowest BCUT2D eigenvalue weighted by Crippen LogP contribution is -2.52. The average molecular weight is 339 g/mol. The Kier molecular flexibility index (Phi) is 4.00. The number of nitrogens with one attached hydrogen (secondary N) is 1. The van der Waals surface area contributed by atoms with Crippen LogP contribution in [0.1, 0.15) is 18.4 Å². The molecule has 4 rings (SSSR count). The SMILES string of the molecule is CN1C(=O)NCC12CCN(Cc1cn(C)nc1-c1ccccc1)CC2. The average Bonchev–Trinajstić information content (AvgIpc) is 3.13. The largest absolute Gasteiger partial charge is 0.336 e. The Bertz CT molecular complexity index is 761. The number of piperidine rings is 1. The number of amides is 2. The number of benzene rings is 1. The molecule has 6 nitrogen and oxygen atoms in total. The second-order valence-corrected chi connectivity index (χ2v) is 7.26. The molecular weight excluding hydrogens is 314 g/mol. The van der Waals surface area contributed by atoms with Crippen molar-refractivity contribution in [1.29, 1.82) is 0 Å². The number of carbonyl (C=O) groups excluding carboxylic acids is 1. The summed E-state index contributed by atoms with van der Waals surface area (Å²) in [6.45, 7) is 3.68. The normalized spacial score (nSPS) is 20.2. The number of rotatable bonds is 3. The Hall–Kier alpha value is -2.34. The summed E-state index contributed by atoms with van der Waals surface area (Å²) in [5, 5.41) is 7.65. The highest BCUT2D eigenvalue weighted by Gasteiger charge is 2.45. The minimum atomic E-state index is 0.00474. The molecule has 1 spiro atoms. The Labute approximate surface area is 148 Å². The molecule has 2 aliphatic heterocycles. The summed E-state index contributed by atoms with van der Waals surface area (Å²) < 4.78 is 1.90. The summed E-state index contributed by atoms with van der Waals surface area (Å²) >= 11 is 0. The van der Waals surface area contributed by atoms with Gasteiger partial charge in [0.2, 0.25) is 0 Å². The fourth-order valence-corrected chi connectivity index (χ4v) is 4.07. The van der Waals surface area contributed by atoms with Gasteiger partial charge in [0.25, 0.3) is 0 Å². The molecule has 0 saturated carbocycles. The van der Waals surface area contributed by atoms with E-state index in [4.69, 9.17) is 0 Å². The maximum absolute atomic E-state index is 11.8. The molecule has 1 N–H and O–H groups in total. The van der Waals surface area contributed by atoms with Gasteiger partial charge in [0.05, 0.1) is 11.2 Å². The van der Waals surface area contributed by atoms with Gasteiger partial charge in [-0.3, -0.25) is 9.58 Å². The Morgan fingerprint density at radius 3 is 2.52 bits per heavy atom. The van der Waals surface area contributed by atoms with E-state index in [1.54, 1.807) is 0 Å². The molecule has 6 heteroatoms. The van der Waals surface area contributed by atoms with Crippen molar-refractivity contribution in [1.82, 2.24) is 24.9 Å². The molecule has 2 amide bonds. The van der Waals surface area contributed by atoms with Crippen LogP contribution in [-0.2, 0) is 13.6 Å². The molecule has 1 aromatic heterocycles. The van der Waals surface area contributed by atoms with Gasteiger partial charge in [-0.15, -0.1) is 0 Å². The predicted octanol–water partition coefficient (Wildman–Crippen LogP) is 2.08. The van der Waals surface area contributed by atoms with Gasteiger partial charge >= 0.3 is 6.03 Å². The van der Waals surface area contributed by atoms with E-state index >= 15 is 0 Å². The van der Waals surface area contributed by atoms with Gasteiger partial charge in [-0.25, -0.2) is 4.79 Å². The number of aromatic nitrogens is 2. The second-order valence-electron chi connectivity index (χ2n) is 7.26. The number of aryl methyl sites for hydroxylation is 1. The van der Waals surface area contributed by atoms with E-state index in [9.17, 15) is 4.79 Å². The van der Waals surface area contributed by atoms with Crippen LogP contribution >= 0.6 is 0 Å². The van der Waals surface area contributed by atoms with E-state index < -0.39 is 0 Å². The summed E-state index contributed by atoms with van der Waals surface area (Å²) in [5.41, 5.74) is 3.50. The topological polar surface area (TPSA) is 53.4 Å². The number of urea groups is 1. The second kappa shape index (κ2) is 6.19. The van der Waals surface area contributed by atoms with Crippen molar-refractivity contribution >= 4 is 6.03 Å². The fraction of sp³-hybridized carbons (Fsp3) is 0.474. The van der Waals surface area contributed by atoms with Crippen LogP contribution in [0.25, 0.3) is 11.3 Å². The third kappa shape index (κ3) is 2.91. The molecule has 25 heavy (non-hydrogen) atoms. The number of hydrogen-bond acceptors (Lipinski definition) is 3. The Balaban J connectivity index is 1.47. The molecule has 0 radical (unpaired) electrons. The van der Waals surface area contributed by atoms with Crippen LogP contribution in [0.3, 0.4) is 0 Å². The van der Waals surface area contributed by atoms with Crippen LogP contribution in [0.5, 0.6) is 0 Å². The van der Waals surface area contributed by atoms with Crippen molar-refractivity contribution < 1.29 is 4.79 Å². The lowest BCUT2D eigenvalue weighted by atomic mass is 9.87. The third-order valence-electron chi connectivity index (χ3n) is 5.72. The molecule has 132 valence electrons. The first kappa shape index (κ1) is 16.1. The number of carbonyl (C=O) groups is 1. The lowest BCUT2D eigenvalue weighted by Gasteiger charge is -2.42. The van der Waals surface area contributed by atoms with Crippen molar-refractivity contribution in [3.63, 3.8) is 0 Å². The van der Waals surface area contributed by atoms with E-state index in [0.717, 1.165) is 50.3 Å². The van der Waals surface area contributed by atoms with Crippen LogP contribution in [-0.4, -0.2) is 57.8 Å². The first-order chi connectivity index (χ1) is 12.1. The maximum atomic E-state index is 11.8. The van der Waals surface area contributed by atoms with Crippen molar-refractivity contribution in [2.45, 2.75) is 24.9 Å². The van der Waals surface area contributed by atoms with Gasteiger partial charge in [-0.05, 0) is 12.8 Å². The van der Waals surface area contributed by atoms with Crippen molar-refractivity contribution in [3.05, 3.63) is 42.1 Å². The molecule has 0 aliphatic carbocycles. The Morgan fingerprint density at radius 1 is 1.16 bits per heavy atom. The highest BCUT2D eigenvalue weighted by Crippen LogP contribution is 2.32. The minimum absolute atomic E-state index is 0.00474. The summed E-state index contributed by atoms with van der Waals surface area (Å²) in [5.74, 6) is 0. The van der Waals surface area contributed by atoms with Gasteiger partial charge in [-0.1, -0.05) is 30.3 Å². The van der Waals surface area contributed by atoms with Crippen molar-refractivity contribution in [3.8, 4) is 11.3 Å². The van der Waals surface area contributed by atoms with Crippen molar-refractivity contribution in [2.24, 2.45) is 7.05 Å². The molecular formula is C19H25N5O. The molecule has 3 heterocycles. The number of nitrogens with zero attached hydrogens (tertiary/aromatic N) is 4. The van der Waals surface area contributed by atoms with Crippen LogP contribution in [0.2, 0.25) is 0 Å². The van der Waals surface area contributed by atoms with E-state index in [0.29, 0.717) is 0 Å². The summed E-state index contributed by atoms with van der Waals surface area (Å²) in [6.07, 6.45) is 4.16. The predicted molar refractivity (Wildman–Crippen MR) is 97.0 cm³/mol. The van der Waals surface area contributed by atoms with Crippen molar-refractivity contribution in [2.75, 3.05) is 26.7 Å². The highest BCUT2D eigenvalue weighted by molar-refractivity contribution is 5.77. The Morgan fingerprint density at radius 2 is 1.88 bits per heavy atom. The van der Waals surface area contributed by atoms with Crippen LogP contribution in [0, 0.1) is 0 Å². The van der Waals surface area contributed by atoms with Gasteiger partial charge in [-0.2, -0.15) is 5.10 Å². The molecule has 1 aromatic carbocycles. The molecule has 2 aliphatic rings. The quantitative estimate of drug-likeness (QED) is 0.931. The molecule has 2 saturated heterocycles. The third-order valence-corrected chi connectivity index (χ3v) is 5.72. The minimum Gasteiger partial charge on any atom is -0.336 e. The van der Waals surface area contributed by atoms with Gasteiger partial charge in [0, 0.05) is 57.6 Å². The number of hydrogen-bond donors (Lipinski definition) is 1. The summed E-state index contributed by atoms with van der Waals surface area (Å²) in [4.78, 5) is 16.2.